The number of aliphatic hydroxyl groups is 2. The molecule has 330 valence electrons. The lowest BCUT2D eigenvalue weighted by Gasteiger charge is -2.71. The molecule has 9 heteroatoms. The minimum absolute atomic E-state index is 0.0169. The number of allylic oxidation sites excluding steroid dienone is 4. The van der Waals surface area contributed by atoms with Crippen molar-refractivity contribution < 1.29 is 38.7 Å². The summed E-state index contributed by atoms with van der Waals surface area (Å²) >= 11 is 0. The smallest absolute Gasteiger partial charge is 0.227 e. The molecule has 4 aromatic carbocycles. The number of ether oxygens (including phenoxy) is 4. The highest BCUT2D eigenvalue weighted by Crippen LogP contribution is 2.78. The molecule has 0 radical (unpaired) electrons. The maximum atomic E-state index is 15.7. The summed E-state index contributed by atoms with van der Waals surface area (Å²) in [5.74, 6) is 2.25. The SMILES string of the molecule is COc1ccc(CN(CC2(O)CCC3C45C=CC6(C=C4C(=O)c4ccccc4-c4ccccc4)CC(O)CCC6(C)C5CCC32C)C(=O)Cc2ccc(OC)c(OC)c2)c(OC)c1. The molecular formula is C54H61NO8. The van der Waals surface area contributed by atoms with Crippen molar-refractivity contribution in [3.63, 3.8) is 0 Å². The molecule has 2 N–H and O–H groups in total. The van der Waals surface area contributed by atoms with Gasteiger partial charge in [-0.2, -0.15) is 0 Å². The fraction of sp³-hybridized carbons (Fsp3) is 0.444. The van der Waals surface area contributed by atoms with Gasteiger partial charge in [0.25, 0.3) is 0 Å². The van der Waals surface area contributed by atoms with Gasteiger partial charge in [-0.05, 0) is 103 Å². The Bertz CT molecular complexity index is 2480. The van der Waals surface area contributed by atoms with E-state index in [1.54, 1.807) is 39.4 Å². The van der Waals surface area contributed by atoms with Gasteiger partial charge in [0, 0.05) is 45.6 Å². The summed E-state index contributed by atoms with van der Waals surface area (Å²) in [6.07, 6.45) is 11.5. The number of hydrogen-bond donors (Lipinski definition) is 2. The number of rotatable bonds is 13. The molecular weight excluding hydrogens is 791 g/mol. The molecule has 8 unspecified atom stereocenters. The lowest BCUT2D eigenvalue weighted by molar-refractivity contribution is -0.178. The van der Waals surface area contributed by atoms with Crippen molar-refractivity contribution in [2.75, 3.05) is 35.0 Å². The van der Waals surface area contributed by atoms with Gasteiger partial charge in [-0.25, -0.2) is 0 Å². The molecule has 2 bridgehead atoms. The molecule has 10 rings (SSSR count). The molecule has 6 aliphatic carbocycles. The largest absolute Gasteiger partial charge is 0.497 e. The number of amides is 1. The molecule has 8 atom stereocenters. The average molecular weight is 852 g/mol. The summed E-state index contributed by atoms with van der Waals surface area (Å²) in [6, 6.07) is 29.1. The number of methoxy groups -OCH3 is 4. The van der Waals surface area contributed by atoms with Gasteiger partial charge < -0.3 is 34.1 Å². The van der Waals surface area contributed by atoms with Gasteiger partial charge in [0.15, 0.2) is 17.3 Å². The van der Waals surface area contributed by atoms with Crippen molar-refractivity contribution in [1.82, 2.24) is 4.90 Å². The van der Waals surface area contributed by atoms with Gasteiger partial charge >= 0.3 is 0 Å². The van der Waals surface area contributed by atoms with Crippen LogP contribution in [0.2, 0.25) is 0 Å². The Morgan fingerprint density at radius 3 is 2.17 bits per heavy atom. The number of fused-ring (bicyclic) bond motifs is 1. The van der Waals surface area contributed by atoms with E-state index in [2.05, 4.69) is 44.2 Å². The average Bonchev–Trinajstić information content (AvgIpc) is 3.58. The fourth-order valence-corrected chi connectivity index (χ4v) is 13.3. The Balaban J connectivity index is 1.12. The highest BCUT2D eigenvalue weighted by molar-refractivity contribution is 6.14. The maximum absolute atomic E-state index is 15.7. The van der Waals surface area contributed by atoms with Crippen LogP contribution in [0, 0.1) is 33.5 Å². The Labute approximate surface area is 371 Å². The second kappa shape index (κ2) is 16.0. The van der Waals surface area contributed by atoms with Crippen molar-refractivity contribution in [3.8, 4) is 34.1 Å². The van der Waals surface area contributed by atoms with Crippen LogP contribution in [0.4, 0.5) is 0 Å². The number of hydrogen-bond acceptors (Lipinski definition) is 8. The van der Waals surface area contributed by atoms with Crippen LogP contribution in [0.25, 0.3) is 11.1 Å². The molecule has 2 spiro atoms. The highest BCUT2D eigenvalue weighted by Gasteiger charge is 2.74. The first-order valence-corrected chi connectivity index (χ1v) is 22.5. The topological polar surface area (TPSA) is 115 Å². The summed E-state index contributed by atoms with van der Waals surface area (Å²) < 4.78 is 22.4. The van der Waals surface area contributed by atoms with E-state index < -0.39 is 27.9 Å². The van der Waals surface area contributed by atoms with E-state index in [0.717, 1.165) is 53.5 Å². The van der Waals surface area contributed by atoms with Gasteiger partial charge in [0.1, 0.15) is 11.5 Å². The third kappa shape index (κ3) is 6.63. The van der Waals surface area contributed by atoms with Crippen LogP contribution in [-0.4, -0.2) is 73.5 Å². The lowest BCUT2D eigenvalue weighted by atomic mass is 9.32. The summed E-state index contributed by atoms with van der Waals surface area (Å²) in [7, 11) is 6.38. The first-order chi connectivity index (χ1) is 30.3. The van der Waals surface area contributed by atoms with Crippen LogP contribution in [-0.2, 0) is 17.8 Å². The standard InChI is InChI=1S/C54H61NO8/c1-50-23-20-38(56)31-52(50)26-27-54(42(32-52)49(58)41-15-11-10-14-40(41)36-12-8-7-9-13-36)46(50)21-24-51(2)47(54)22-25-53(51,59)34-55(33-37-17-18-39(60-3)30-44(37)62-5)48(57)29-35-16-19-43(61-4)45(28-35)63-6/h7-19,26-28,30,32,38,46-47,56,59H,20-25,29,31,33-34H2,1-6H3. The van der Waals surface area contributed by atoms with Crippen LogP contribution in [0.1, 0.15) is 80.3 Å². The van der Waals surface area contributed by atoms with E-state index in [1.807, 2.05) is 72.8 Å². The number of carbonyl (C=O) groups is 2. The molecule has 1 amide bonds. The highest BCUT2D eigenvalue weighted by atomic mass is 16.5. The van der Waals surface area contributed by atoms with Crippen LogP contribution in [0.3, 0.4) is 0 Å². The van der Waals surface area contributed by atoms with Crippen LogP contribution in [0.5, 0.6) is 23.0 Å². The normalized spacial score (nSPS) is 31.2. The van der Waals surface area contributed by atoms with Crippen molar-refractivity contribution >= 4 is 11.7 Å². The molecule has 0 aromatic heterocycles. The molecule has 0 aliphatic heterocycles. The van der Waals surface area contributed by atoms with Gasteiger partial charge in [-0.15, -0.1) is 0 Å². The minimum atomic E-state index is -1.29. The molecule has 63 heavy (non-hydrogen) atoms. The second-order valence-corrected chi connectivity index (χ2v) is 19.3. The number of aliphatic hydroxyl groups excluding tert-OH is 1. The van der Waals surface area contributed by atoms with Crippen molar-refractivity contribution in [1.29, 1.82) is 0 Å². The van der Waals surface area contributed by atoms with Gasteiger partial charge in [-0.3, -0.25) is 9.59 Å². The first-order valence-electron chi connectivity index (χ1n) is 22.5. The van der Waals surface area contributed by atoms with Crippen molar-refractivity contribution in [2.45, 2.75) is 83.5 Å². The quantitative estimate of drug-likeness (QED) is 0.101. The lowest BCUT2D eigenvalue weighted by Crippen LogP contribution is -2.67. The maximum Gasteiger partial charge on any atom is 0.227 e. The fourth-order valence-electron chi connectivity index (χ4n) is 13.3. The predicted octanol–water partition coefficient (Wildman–Crippen LogP) is 9.43. The Kier molecular flexibility index (Phi) is 10.9. The van der Waals surface area contributed by atoms with E-state index in [9.17, 15) is 15.0 Å². The molecule has 6 aliphatic rings. The molecule has 4 aromatic rings. The number of Topliss-reactive ketones (excluding diaryl/α,β-unsaturated/α-hetero) is 1. The molecule has 9 nitrogen and oxygen atoms in total. The third-order valence-corrected chi connectivity index (χ3v) is 16.7. The van der Waals surface area contributed by atoms with E-state index in [-0.39, 0.29) is 48.5 Å². The zero-order valence-corrected chi connectivity index (χ0v) is 37.5. The van der Waals surface area contributed by atoms with Crippen LogP contribution >= 0.6 is 0 Å². The van der Waals surface area contributed by atoms with E-state index in [0.29, 0.717) is 47.8 Å². The van der Waals surface area contributed by atoms with Crippen molar-refractivity contribution in [3.05, 3.63) is 131 Å². The molecule has 0 heterocycles. The minimum Gasteiger partial charge on any atom is -0.497 e. The first kappa shape index (κ1) is 42.9. The summed E-state index contributed by atoms with van der Waals surface area (Å²) in [5, 5.41) is 24.8. The molecule has 3 fully saturated rings. The Hall–Kier alpha value is -5.38. The van der Waals surface area contributed by atoms with Gasteiger partial charge in [-0.1, -0.05) is 92.7 Å². The second-order valence-electron chi connectivity index (χ2n) is 19.3. The van der Waals surface area contributed by atoms with E-state index in [1.165, 1.54) is 0 Å². The predicted molar refractivity (Wildman–Crippen MR) is 243 cm³/mol. The zero-order valence-electron chi connectivity index (χ0n) is 37.5. The van der Waals surface area contributed by atoms with Gasteiger partial charge in [0.05, 0.1) is 53.1 Å². The third-order valence-electron chi connectivity index (χ3n) is 16.7. The number of carbonyl (C=O) groups excluding carboxylic acids is 2. The monoisotopic (exact) mass is 851 g/mol. The van der Waals surface area contributed by atoms with Crippen molar-refractivity contribution in [2.24, 2.45) is 33.5 Å². The van der Waals surface area contributed by atoms with E-state index in [4.69, 9.17) is 18.9 Å². The van der Waals surface area contributed by atoms with Crippen LogP contribution < -0.4 is 18.9 Å². The van der Waals surface area contributed by atoms with Crippen LogP contribution in [0.15, 0.2) is 115 Å². The number of benzene rings is 4. The summed E-state index contributed by atoms with van der Waals surface area (Å²) in [6.45, 7) is 4.93. The number of nitrogens with zero attached hydrogens (tertiary/aromatic N) is 1. The zero-order chi connectivity index (χ0) is 44.4. The Morgan fingerprint density at radius 2 is 1.43 bits per heavy atom. The number of ketones is 1. The summed E-state index contributed by atoms with van der Waals surface area (Å²) in [4.78, 5) is 32.3. The Morgan fingerprint density at radius 1 is 0.730 bits per heavy atom. The summed E-state index contributed by atoms with van der Waals surface area (Å²) in [5.41, 5.74) is 1.64. The van der Waals surface area contributed by atoms with Gasteiger partial charge in [0.2, 0.25) is 5.91 Å². The molecule has 3 saturated carbocycles. The molecule has 0 saturated heterocycles. The van der Waals surface area contributed by atoms with E-state index >= 15 is 4.79 Å².